The van der Waals surface area contributed by atoms with Crippen molar-refractivity contribution in [2.75, 3.05) is 5.73 Å². The van der Waals surface area contributed by atoms with Crippen LogP contribution in [-0.2, 0) is 10.8 Å². The van der Waals surface area contributed by atoms with Gasteiger partial charge in [-0.25, -0.2) is 0 Å². The molecule has 2 aromatic rings. The Morgan fingerprint density at radius 1 is 0.882 bits per heavy atom. The van der Waals surface area contributed by atoms with Crippen molar-refractivity contribution in [3.8, 4) is 0 Å². The minimum absolute atomic E-state index is 0.129. The molecule has 0 atom stereocenters. The van der Waals surface area contributed by atoms with Crippen LogP contribution in [0.5, 0.6) is 0 Å². The smallest absolute Gasteiger partial charge is 0.0323 e. The highest BCUT2D eigenvalue weighted by Crippen LogP contribution is 2.54. The predicted molar refractivity (Wildman–Crippen MR) is 74.4 cm³/mol. The number of nitrogens with two attached hydrogens (primary N) is 1. The average Bonchev–Trinajstić information content (AvgIpc) is 2.39. The molecule has 0 radical (unpaired) electrons. The van der Waals surface area contributed by atoms with E-state index in [1.807, 2.05) is 0 Å². The summed E-state index contributed by atoms with van der Waals surface area (Å²) in [4.78, 5) is 0. The highest BCUT2D eigenvalue weighted by atomic mass is 14.6. The number of hydrogen-bond donors (Lipinski definition) is 1. The fourth-order valence-corrected chi connectivity index (χ4v) is 3.14. The van der Waals surface area contributed by atoms with E-state index in [0.717, 1.165) is 5.69 Å². The highest BCUT2D eigenvalue weighted by Gasteiger charge is 2.46. The quantitative estimate of drug-likeness (QED) is 0.674. The second-order valence-electron chi connectivity index (χ2n) is 6.22. The zero-order chi connectivity index (χ0) is 12.4. The number of nitrogen functional groups attached to an aromatic ring is 1. The summed E-state index contributed by atoms with van der Waals surface area (Å²) in [6.07, 6.45) is 0. The predicted octanol–water partition coefficient (Wildman–Crippen LogP) is 3.99. The van der Waals surface area contributed by atoms with Crippen molar-refractivity contribution in [3.05, 3.63) is 41.5 Å². The summed E-state index contributed by atoms with van der Waals surface area (Å²) >= 11 is 0. The summed E-state index contributed by atoms with van der Waals surface area (Å²) in [6.45, 7) is 9.30. The van der Waals surface area contributed by atoms with Gasteiger partial charge in [0.25, 0.3) is 0 Å². The normalized spacial score (nSPS) is 19.8. The molecule has 2 aromatic carbocycles. The van der Waals surface area contributed by atoms with Gasteiger partial charge >= 0.3 is 0 Å². The minimum Gasteiger partial charge on any atom is -0.399 e. The van der Waals surface area contributed by atoms with Gasteiger partial charge in [0.1, 0.15) is 0 Å². The van der Waals surface area contributed by atoms with Crippen molar-refractivity contribution in [2.24, 2.45) is 0 Å². The first-order chi connectivity index (χ1) is 7.85. The maximum absolute atomic E-state index is 6.03. The van der Waals surface area contributed by atoms with Gasteiger partial charge < -0.3 is 5.73 Å². The first-order valence-electron chi connectivity index (χ1n) is 6.19. The Labute approximate surface area is 103 Å². The lowest BCUT2D eigenvalue weighted by Crippen LogP contribution is -2.35. The van der Waals surface area contributed by atoms with E-state index in [9.17, 15) is 0 Å². The monoisotopic (exact) mass is 225 g/mol. The maximum Gasteiger partial charge on any atom is 0.0323 e. The average molecular weight is 225 g/mol. The van der Waals surface area contributed by atoms with Crippen LogP contribution in [0.2, 0.25) is 0 Å². The summed E-state index contributed by atoms with van der Waals surface area (Å²) in [7, 11) is 0. The molecule has 0 amide bonds. The Bertz CT molecular complexity index is 621. The SMILES string of the molecule is CC1(C)c2cccc3cc(N)cc(c23)C1(C)C. The summed E-state index contributed by atoms with van der Waals surface area (Å²) in [5, 5.41) is 2.69. The van der Waals surface area contributed by atoms with Gasteiger partial charge in [0.05, 0.1) is 0 Å². The summed E-state index contributed by atoms with van der Waals surface area (Å²) < 4.78 is 0. The highest BCUT2D eigenvalue weighted by molar-refractivity contribution is 5.96. The van der Waals surface area contributed by atoms with Gasteiger partial charge in [0, 0.05) is 5.69 Å². The van der Waals surface area contributed by atoms with Crippen LogP contribution in [-0.4, -0.2) is 0 Å². The molecule has 17 heavy (non-hydrogen) atoms. The van der Waals surface area contributed by atoms with Gasteiger partial charge in [-0.2, -0.15) is 0 Å². The van der Waals surface area contributed by atoms with Gasteiger partial charge in [-0.1, -0.05) is 45.9 Å². The van der Waals surface area contributed by atoms with Crippen LogP contribution in [0.4, 0.5) is 5.69 Å². The lowest BCUT2D eigenvalue weighted by Gasteiger charge is -2.37. The zero-order valence-electron chi connectivity index (χ0n) is 11.0. The number of rotatable bonds is 0. The molecule has 0 fully saturated rings. The molecule has 0 unspecified atom stereocenters. The molecule has 0 saturated carbocycles. The van der Waals surface area contributed by atoms with Gasteiger partial charge in [-0.3, -0.25) is 0 Å². The summed E-state index contributed by atoms with van der Waals surface area (Å²) in [6, 6.07) is 10.8. The summed E-state index contributed by atoms with van der Waals surface area (Å²) in [5.74, 6) is 0. The molecule has 1 nitrogen and oxygen atoms in total. The van der Waals surface area contributed by atoms with Crippen molar-refractivity contribution < 1.29 is 0 Å². The third-order valence-electron chi connectivity index (χ3n) is 4.91. The molecule has 88 valence electrons. The molecule has 0 spiro atoms. The maximum atomic E-state index is 6.03. The molecule has 0 heterocycles. The molecular weight excluding hydrogens is 206 g/mol. The Kier molecular flexibility index (Phi) is 1.78. The van der Waals surface area contributed by atoms with Crippen molar-refractivity contribution in [1.82, 2.24) is 0 Å². The Morgan fingerprint density at radius 2 is 1.53 bits per heavy atom. The molecule has 1 aliphatic rings. The van der Waals surface area contributed by atoms with Crippen LogP contribution >= 0.6 is 0 Å². The Morgan fingerprint density at radius 3 is 2.24 bits per heavy atom. The zero-order valence-corrected chi connectivity index (χ0v) is 11.0. The van der Waals surface area contributed by atoms with Crippen LogP contribution < -0.4 is 5.73 Å². The lowest BCUT2D eigenvalue weighted by atomic mass is 9.66. The van der Waals surface area contributed by atoms with E-state index in [0.29, 0.717) is 0 Å². The van der Waals surface area contributed by atoms with Gasteiger partial charge in [0.15, 0.2) is 0 Å². The molecule has 0 bridgehead atoms. The number of hydrogen-bond acceptors (Lipinski definition) is 1. The first-order valence-corrected chi connectivity index (χ1v) is 6.19. The van der Waals surface area contributed by atoms with E-state index in [2.05, 4.69) is 58.0 Å². The van der Waals surface area contributed by atoms with Crippen molar-refractivity contribution in [2.45, 2.75) is 38.5 Å². The van der Waals surface area contributed by atoms with Crippen molar-refractivity contribution in [1.29, 1.82) is 0 Å². The third kappa shape index (κ3) is 1.09. The fourth-order valence-electron chi connectivity index (χ4n) is 3.14. The largest absolute Gasteiger partial charge is 0.399 e. The van der Waals surface area contributed by atoms with Crippen LogP contribution in [0.3, 0.4) is 0 Å². The minimum atomic E-state index is 0.129. The standard InChI is InChI=1S/C16H19N/c1-15(2)12-7-5-6-10-8-11(17)9-13(14(10)12)16(15,3)4/h5-9H,17H2,1-4H3. The third-order valence-corrected chi connectivity index (χ3v) is 4.91. The van der Waals surface area contributed by atoms with Crippen molar-refractivity contribution in [3.63, 3.8) is 0 Å². The fraction of sp³-hybridized carbons (Fsp3) is 0.375. The second kappa shape index (κ2) is 2.84. The van der Waals surface area contributed by atoms with E-state index in [-0.39, 0.29) is 10.8 Å². The summed E-state index contributed by atoms with van der Waals surface area (Å²) in [5.41, 5.74) is 10.0. The molecule has 0 aromatic heterocycles. The Hall–Kier alpha value is -1.50. The second-order valence-corrected chi connectivity index (χ2v) is 6.22. The molecule has 1 heteroatoms. The van der Waals surface area contributed by atoms with Crippen LogP contribution in [0.15, 0.2) is 30.3 Å². The molecule has 2 N–H and O–H groups in total. The van der Waals surface area contributed by atoms with E-state index in [1.165, 1.54) is 21.9 Å². The van der Waals surface area contributed by atoms with E-state index in [1.54, 1.807) is 0 Å². The molecule has 3 rings (SSSR count). The van der Waals surface area contributed by atoms with E-state index < -0.39 is 0 Å². The molecular formula is C16H19N. The number of anilines is 1. The van der Waals surface area contributed by atoms with Gasteiger partial charge in [-0.05, 0) is 44.9 Å². The van der Waals surface area contributed by atoms with E-state index in [4.69, 9.17) is 5.73 Å². The number of benzene rings is 2. The van der Waals surface area contributed by atoms with Crippen LogP contribution in [0.1, 0.15) is 38.8 Å². The lowest BCUT2D eigenvalue weighted by molar-refractivity contribution is 0.322. The molecule has 0 saturated heterocycles. The molecule has 1 aliphatic carbocycles. The topological polar surface area (TPSA) is 26.0 Å². The van der Waals surface area contributed by atoms with Crippen molar-refractivity contribution >= 4 is 16.5 Å². The van der Waals surface area contributed by atoms with Crippen LogP contribution in [0.25, 0.3) is 10.8 Å². The first kappa shape index (κ1) is 10.6. The Balaban J connectivity index is 2.55. The van der Waals surface area contributed by atoms with Gasteiger partial charge in [-0.15, -0.1) is 0 Å². The van der Waals surface area contributed by atoms with E-state index >= 15 is 0 Å². The van der Waals surface area contributed by atoms with Gasteiger partial charge in [0.2, 0.25) is 0 Å². The van der Waals surface area contributed by atoms with Crippen LogP contribution in [0, 0.1) is 0 Å². The molecule has 0 aliphatic heterocycles.